The lowest BCUT2D eigenvalue weighted by molar-refractivity contribution is 0.281. The van der Waals surface area contributed by atoms with Crippen LogP contribution in [0.25, 0.3) is 0 Å². The van der Waals surface area contributed by atoms with Crippen LogP contribution in [0.3, 0.4) is 0 Å². The number of hydrogen-bond donors (Lipinski definition) is 2. The summed E-state index contributed by atoms with van der Waals surface area (Å²) in [4.78, 5) is 0. The van der Waals surface area contributed by atoms with Gasteiger partial charge in [0.2, 0.25) is 0 Å². The maximum atomic E-state index is 8.77. The molecule has 0 saturated heterocycles. The standard InChI is InChI=1S/C11H12O.C8H10O.C3H4.2C2H6/c1-2-3-4-10-5-7-11(9-12)8-6-10;1-7-2-4-8(6-9)5-3-7;1-3-2;2*1-2/h1,5-8,12H,3-4,9H2;2-5,9H,6H2,1H3;1H,2H3;2*1-2H3/i;;2D;;. The highest BCUT2D eigenvalue weighted by Gasteiger charge is 1.92. The normalized spacial score (nSPS) is 8.25. The minimum absolute atomic E-state index is 0.0972. The van der Waals surface area contributed by atoms with E-state index in [1.165, 1.54) is 11.1 Å². The van der Waals surface area contributed by atoms with Crippen molar-refractivity contribution in [2.45, 2.75) is 67.6 Å². The van der Waals surface area contributed by atoms with Crippen LogP contribution in [0.2, 0.25) is 0 Å². The van der Waals surface area contributed by atoms with Crippen LogP contribution in [0.4, 0.5) is 0 Å². The fourth-order valence-electron chi connectivity index (χ4n) is 1.72. The van der Waals surface area contributed by atoms with E-state index in [0.29, 0.717) is 0 Å². The second-order valence-corrected chi connectivity index (χ2v) is 5.03. The molecule has 2 N–H and O–H groups in total. The van der Waals surface area contributed by atoms with Crippen LogP contribution >= 0.6 is 0 Å². The van der Waals surface area contributed by atoms with E-state index >= 15 is 0 Å². The van der Waals surface area contributed by atoms with Gasteiger partial charge in [-0.2, -0.15) is 0 Å². The first kappa shape index (κ1) is 27.7. The molecule has 0 fully saturated rings. The number of terminal acetylenes is 2. The van der Waals surface area contributed by atoms with E-state index in [1.807, 2.05) is 83.1 Å². The van der Waals surface area contributed by atoms with Gasteiger partial charge in [-0.25, -0.2) is 0 Å². The first-order valence-electron chi connectivity index (χ1n) is 10.3. The monoisotopic (exact) mass is 383 g/mol. The van der Waals surface area contributed by atoms with E-state index in [4.69, 9.17) is 18.0 Å². The molecule has 0 aromatic heterocycles. The van der Waals surface area contributed by atoms with E-state index in [1.54, 1.807) is 0 Å². The lowest BCUT2D eigenvalue weighted by Crippen LogP contribution is -1.86. The van der Waals surface area contributed by atoms with Crippen molar-refractivity contribution in [2.75, 3.05) is 0 Å². The van der Waals surface area contributed by atoms with Crippen molar-refractivity contribution in [3.63, 3.8) is 0 Å². The zero-order chi connectivity index (χ0) is 22.9. The Hall–Kier alpha value is -2.52. The molecule has 2 nitrogen and oxygen atoms in total. The molecule has 28 heavy (non-hydrogen) atoms. The first-order chi connectivity index (χ1) is 14.1. The summed E-state index contributed by atoms with van der Waals surface area (Å²) in [5.41, 5.74) is 4.37. The van der Waals surface area contributed by atoms with Crippen LogP contribution in [0.15, 0.2) is 48.5 Å². The minimum atomic E-state index is 0.0972. The van der Waals surface area contributed by atoms with Gasteiger partial charge in [-0.1, -0.05) is 81.8 Å². The van der Waals surface area contributed by atoms with Crippen molar-refractivity contribution in [1.29, 1.82) is 0 Å². The molecule has 0 unspecified atom stereocenters. The van der Waals surface area contributed by atoms with Crippen LogP contribution in [0, 0.1) is 31.6 Å². The summed E-state index contributed by atoms with van der Waals surface area (Å²) in [5, 5.41) is 17.4. The van der Waals surface area contributed by atoms with Crippen LogP contribution in [-0.4, -0.2) is 10.2 Å². The highest BCUT2D eigenvalue weighted by Crippen LogP contribution is 2.06. The summed E-state index contributed by atoms with van der Waals surface area (Å²) >= 11 is 0. The lowest BCUT2D eigenvalue weighted by Gasteiger charge is -1.98. The quantitative estimate of drug-likeness (QED) is 0.643. The van der Waals surface area contributed by atoms with Crippen molar-refractivity contribution >= 4 is 0 Å². The molecule has 0 bridgehead atoms. The number of aryl methyl sites for hydroxylation is 2. The summed E-state index contributed by atoms with van der Waals surface area (Å²) in [6, 6.07) is 15.7. The van der Waals surface area contributed by atoms with Crippen molar-refractivity contribution in [3.05, 3.63) is 70.8 Å². The van der Waals surface area contributed by atoms with Gasteiger partial charge in [0.05, 0.1) is 13.2 Å². The number of benzene rings is 2. The third-order valence-electron chi connectivity index (χ3n) is 3.07. The molecule has 0 aliphatic heterocycles. The Morgan fingerprint density at radius 2 is 1.14 bits per heavy atom. The smallest absolute Gasteiger partial charge is 0.0681 e. The Morgan fingerprint density at radius 3 is 1.46 bits per heavy atom. The van der Waals surface area contributed by atoms with Gasteiger partial charge < -0.3 is 10.2 Å². The first-order valence-corrected chi connectivity index (χ1v) is 9.62. The van der Waals surface area contributed by atoms with Crippen LogP contribution in [-0.2, 0) is 19.6 Å². The lowest BCUT2D eigenvalue weighted by atomic mass is 10.1. The summed E-state index contributed by atoms with van der Waals surface area (Å²) in [6.45, 7) is 10.4. The predicted molar refractivity (Wildman–Crippen MR) is 124 cm³/mol. The van der Waals surface area contributed by atoms with Gasteiger partial charge in [-0.15, -0.1) is 24.7 Å². The Morgan fingerprint density at radius 1 is 0.786 bits per heavy atom. The molecular weight excluding hydrogens is 344 g/mol. The van der Waals surface area contributed by atoms with Gasteiger partial charge in [-0.3, -0.25) is 0 Å². The Labute approximate surface area is 175 Å². The Balaban J connectivity index is -0.000000351. The van der Waals surface area contributed by atoms with Crippen molar-refractivity contribution in [3.8, 4) is 24.7 Å². The van der Waals surface area contributed by atoms with Crippen molar-refractivity contribution < 1.29 is 11.6 Å². The summed E-state index contributed by atoms with van der Waals surface area (Å²) in [5.74, 6) is 4.69. The SMILES string of the molecule is C#CCCc1ccc(CO)cc1.CC.CC.Cc1ccc(CO)cc1.[2H]CC#C. The molecule has 0 heterocycles. The van der Waals surface area contributed by atoms with Crippen molar-refractivity contribution in [2.24, 2.45) is 0 Å². The van der Waals surface area contributed by atoms with Crippen LogP contribution in [0.5, 0.6) is 0 Å². The zero-order valence-corrected chi connectivity index (χ0v) is 18.2. The molecule has 0 radical (unpaired) electrons. The van der Waals surface area contributed by atoms with E-state index in [-0.39, 0.29) is 20.1 Å². The molecule has 0 atom stereocenters. The molecule has 0 amide bonds. The fraction of sp³-hybridized carbons (Fsp3) is 0.385. The number of hydrogen-bond acceptors (Lipinski definition) is 2. The summed E-state index contributed by atoms with van der Waals surface area (Å²) in [7, 11) is 0. The molecule has 2 heteroatoms. The van der Waals surface area contributed by atoms with Crippen molar-refractivity contribution in [1.82, 2.24) is 0 Å². The molecule has 0 aliphatic carbocycles. The van der Waals surface area contributed by atoms with Gasteiger partial charge in [-0.05, 0) is 36.9 Å². The molecule has 154 valence electrons. The van der Waals surface area contributed by atoms with Crippen LogP contribution in [0.1, 0.15) is 64.6 Å². The van der Waals surface area contributed by atoms with E-state index in [9.17, 15) is 0 Å². The molecule has 0 aliphatic rings. The average Bonchev–Trinajstić information content (AvgIpc) is 2.81. The molecule has 2 aromatic carbocycles. The van der Waals surface area contributed by atoms with E-state index in [0.717, 1.165) is 24.0 Å². The number of aliphatic hydroxyl groups is 2. The maximum absolute atomic E-state index is 8.77. The van der Waals surface area contributed by atoms with E-state index in [2.05, 4.69) is 18.3 Å². The zero-order valence-electron chi connectivity index (χ0n) is 19.2. The third-order valence-corrected chi connectivity index (χ3v) is 3.07. The van der Waals surface area contributed by atoms with Gasteiger partial charge in [0.1, 0.15) is 0 Å². The second-order valence-electron chi connectivity index (χ2n) is 5.03. The topological polar surface area (TPSA) is 40.5 Å². The Bertz CT molecular complexity index is 647. The highest BCUT2D eigenvalue weighted by atomic mass is 16.3. The molecule has 2 rings (SSSR count). The molecule has 0 spiro atoms. The van der Waals surface area contributed by atoms with Gasteiger partial charge in [0, 0.05) is 7.79 Å². The van der Waals surface area contributed by atoms with Gasteiger partial charge in [0.15, 0.2) is 0 Å². The largest absolute Gasteiger partial charge is 0.392 e. The number of rotatable bonds is 4. The Kier molecular flexibility index (Phi) is 24.2. The van der Waals surface area contributed by atoms with E-state index < -0.39 is 0 Å². The highest BCUT2D eigenvalue weighted by molar-refractivity contribution is 5.22. The van der Waals surface area contributed by atoms with Gasteiger partial charge in [0.25, 0.3) is 0 Å². The van der Waals surface area contributed by atoms with Gasteiger partial charge >= 0.3 is 0 Å². The second kappa shape index (κ2) is 24.5. The fourth-order valence-corrected chi connectivity index (χ4v) is 1.72. The summed E-state index contributed by atoms with van der Waals surface area (Å²) < 4.78 is 6.22. The van der Waals surface area contributed by atoms with Crippen LogP contribution < -0.4 is 0 Å². The molecule has 2 aromatic rings. The molecular formula is C26H38O2. The molecule has 0 saturated carbocycles. The summed E-state index contributed by atoms with van der Waals surface area (Å²) in [6.07, 6.45) is 11.4. The average molecular weight is 384 g/mol. The number of aliphatic hydroxyl groups excluding tert-OH is 2. The maximum Gasteiger partial charge on any atom is 0.0681 e. The third kappa shape index (κ3) is 18.3. The minimum Gasteiger partial charge on any atom is -0.392 e. The predicted octanol–water partition coefficient (Wildman–Crippen LogP) is 5.92.